The normalized spacial score (nSPS) is 10.1. The number of rotatable bonds is 5. The molecule has 0 aromatic heterocycles. The second-order valence-electron chi connectivity index (χ2n) is 3.45. The third-order valence-corrected chi connectivity index (χ3v) is 1.72. The van der Waals surface area contributed by atoms with Gasteiger partial charge >= 0.3 is 5.97 Å². The van der Waals surface area contributed by atoms with Crippen molar-refractivity contribution in [3.63, 3.8) is 0 Å². The minimum atomic E-state index is -1.50. The third-order valence-electron chi connectivity index (χ3n) is 1.72. The summed E-state index contributed by atoms with van der Waals surface area (Å²) in [4.78, 5) is 18.5. The molecular formula is C8H17NO6. The zero-order chi connectivity index (χ0) is 12.5. The van der Waals surface area contributed by atoms with Gasteiger partial charge in [0, 0.05) is 13.5 Å². The Kier molecular flexibility index (Phi) is 8.55. The van der Waals surface area contributed by atoms with Crippen molar-refractivity contribution in [1.82, 2.24) is 0 Å². The Balaban J connectivity index is 0. The lowest BCUT2D eigenvalue weighted by molar-refractivity contribution is -0.742. The van der Waals surface area contributed by atoms with Crippen LogP contribution in [0.4, 0.5) is 0 Å². The van der Waals surface area contributed by atoms with Crippen molar-refractivity contribution in [2.24, 2.45) is 0 Å². The second-order valence-corrected chi connectivity index (χ2v) is 3.45. The van der Waals surface area contributed by atoms with Crippen molar-refractivity contribution in [3.8, 4) is 0 Å². The predicted molar refractivity (Wildman–Crippen MR) is 51.4 cm³/mol. The molecule has 0 radical (unpaired) electrons. The summed E-state index contributed by atoms with van der Waals surface area (Å²) in [5.41, 5.74) is -0.185. The quantitative estimate of drug-likeness (QED) is 0.537. The van der Waals surface area contributed by atoms with E-state index < -0.39 is 11.1 Å². The van der Waals surface area contributed by atoms with Crippen LogP contribution in [0.15, 0.2) is 0 Å². The van der Waals surface area contributed by atoms with E-state index in [1.54, 1.807) is 7.11 Å². The molecule has 0 bridgehead atoms. The molecule has 0 heterocycles. The van der Waals surface area contributed by atoms with Crippen LogP contribution in [0.5, 0.6) is 0 Å². The van der Waals surface area contributed by atoms with Gasteiger partial charge < -0.3 is 15.1 Å². The van der Waals surface area contributed by atoms with E-state index in [1.807, 2.05) is 13.8 Å². The van der Waals surface area contributed by atoms with E-state index in [4.69, 9.17) is 25.2 Å². The van der Waals surface area contributed by atoms with Crippen LogP contribution in [0.1, 0.15) is 33.1 Å². The van der Waals surface area contributed by atoms with E-state index in [0.29, 0.717) is 6.42 Å². The Morgan fingerprint density at radius 2 is 1.93 bits per heavy atom. The smallest absolute Gasteiger partial charge is 0.303 e. The zero-order valence-corrected chi connectivity index (χ0v) is 9.10. The lowest BCUT2D eigenvalue weighted by Gasteiger charge is -2.21. The van der Waals surface area contributed by atoms with Crippen LogP contribution in [0.3, 0.4) is 0 Å². The van der Waals surface area contributed by atoms with Gasteiger partial charge in [-0.2, -0.15) is 0 Å². The topological polar surface area (TPSA) is 110 Å². The van der Waals surface area contributed by atoms with Gasteiger partial charge in [0.25, 0.3) is 5.09 Å². The minimum Gasteiger partial charge on any atom is -0.481 e. The van der Waals surface area contributed by atoms with Gasteiger partial charge in [-0.25, -0.2) is 0 Å². The maximum absolute atomic E-state index is 10.1. The molecule has 0 aromatic carbocycles. The first kappa shape index (κ1) is 16.1. The van der Waals surface area contributed by atoms with E-state index in [-0.39, 0.29) is 12.0 Å². The maximum atomic E-state index is 10.1. The summed E-state index contributed by atoms with van der Waals surface area (Å²) in [5, 5.41) is 22.0. The van der Waals surface area contributed by atoms with Crippen molar-refractivity contribution in [1.29, 1.82) is 0 Å². The number of methoxy groups -OCH3 is 1. The molecule has 0 unspecified atom stereocenters. The molecule has 0 amide bonds. The first-order valence-corrected chi connectivity index (χ1v) is 4.31. The largest absolute Gasteiger partial charge is 0.481 e. The van der Waals surface area contributed by atoms with Crippen LogP contribution in [0.25, 0.3) is 0 Å². The number of hydrogen-bond donors (Lipinski definition) is 2. The van der Waals surface area contributed by atoms with E-state index >= 15 is 0 Å². The van der Waals surface area contributed by atoms with Gasteiger partial charge in [0.1, 0.15) is 0 Å². The standard InChI is InChI=1S/C8H16O3.HNO3/c1-8(2,11-3)6-4-5-7(9)10;2-1(3)4/h4-6H2,1-3H3,(H,9,10);(H,2,3,4). The predicted octanol–water partition coefficient (Wildman–Crippen LogP) is 1.32. The van der Waals surface area contributed by atoms with Crippen molar-refractivity contribution >= 4 is 5.97 Å². The summed E-state index contributed by atoms with van der Waals surface area (Å²) in [6.07, 6.45) is 1.69. The van der Waals surface area contributed by atoms with Gasteiger partial charge in [0.2, 0.25) is 0 Å². The summed E-state index contributed by atoms with van der Waals surface area (Å²) >= 11 is 0. The van der Waals surface area contributed by atoms with E-state index in [2.05, 4.69) is 0 Å². The molecule has 0 saturated carbocycles. The number of aliphatic carboxylic acids is 1. The molecule has 0 aliphatic rings. The molecule has 7 nitrogen and oxygen atoms in total. The van der Waals surface area contributed by atoms with Crippen molar-refractivity contribution in [2.75, 3.05) is 7.11 Å². The highest BCUT2D eigenvalue weighted by molar-refractivity contribution is 5.66. The zero-order valence-electron chi connectivity index (χ0n) is 9.10. The fraction of sp³-hybridized carbons (Fsp3) is 0.875. The first-order valence-electron chi connectivity index (χ1n) is 4.31. The second kappa shape index (κ2) is 7.98. The van der Waals surface area contributed by atoms with Gasteiger partial charge in [-0.15, -0.1) is 10.1 Å². The number of carbonyl (C=O) groups is 1. The third kappa shape index (κ3) is 19.2. The molecule has 0 aromatic rings. The summed E-state index contributed by atoms with van der Waals surface area (Å²) in [6.45, 7) is 3.91. The summed E-state index contributed by atoms with van der Waals surface area (Å²) in [6, 6.07) is 0. The monoisotopic (exact) mass is 223 g/mol. The lowest BCUT2D eigenvalue weighted by Crippen LogP contribution is -2.22. The van der Waals surface area contributed by atoms with Crippen LogP contribution < -0.4 is 0 Å². The van der Waals surface area contributed by atoms with Gasteiger partial charge in [-0.3, -0.25) is 4.79 Å². The van der Waals surface area contributed by atoms with Crippen molar-refractivity contribution in [3.05, 3.63) is 10.1 Å². The van der Waals surface area contributed by atoms with Crippen LogP contribution in [-0.4, -0.2) is 34.1 Å². The molecule has 2 N–H and O–H groups in total. The highest BCUT2D eigenvalue weighted by Gasteiger charge is 2.15. The molecule has 0 aliphatic heterocycles. The van der Waals surface area contributed by atoms with Gasteiger partial charge in [0.15, 0.2) is 0 Å². The molecule has 0 fully saturated rings. The maximum Gasteiger partial charge on any atom is 0.303 e. The molecule has 0 atom stereocenters. The van der Waals surface area contributed by atoms with Crippen LogP contribution in [0.2, 0.25) is 0 Å². The first-order chi connectivity index (χ1) is 6.71. The molecular weight excluding hydrogens is 206 g/mol. The average molecular weight is 223 g/mol. The molecule has 7 heteroatoms. The number of ether oxygens (including phenoxy) is 1. The molecule has 90 valence electrons. The van der Waals surface area contributed by atoms with Crippen LogP contribution >= 0.6 is 0 Å². The number of carboxylic acids is 1. The molecule has 0 saturated heterocycles. The Labute approximate surface area is 87.8 Å². The highest BCUT2D eigenvalue weighted by Crippen LogP contribution is 2.16. The number of hydrogen-bond acceptors (Lipinski definition) is 4. The van der Waals surface area contributed by atoms with Gasteiger partial charge in [-0.1, -0.05) is 0 Å². The average Bonchev–Trinajstić information content (AvgIpc) is 2.02. The van der Waals surface area contributed by atoms with E-state index in [9.17, 15) is 4.79 Å². The van der Waals surface area contributed by atoms with Crippen molar-refractivity contribution < 1.29 is 24.9 Å². The Hall–Kier alpha value is -1.37. The summed E-state index contributed by atoms with van der Waals surface area (Å²) in [7, 11) is 1.64. The summed E-state index contributed by atoms with van der Waals surface area (Å²) < 4.78 is 5.13. The fourth-order valence-electron chi connectivity index (χ4n) is 0.767. The van der Waals surface area contributed by atoms with Crippen molar-refractivity contribution in [2.45, 2.75) is 38.7 Å². The SMILES string of the molecule is COC(C)(C)CCCC(=O)O.O=[N+]([O-])O. The Morgan fingerprint density at radius 3 is 2.20 bits per heavy atom. The van der Waals surface area contributed by atoms with Crippen LogP contribution in [-0.2, 0) is 9.53 Å². The van der Waals surface area contributed by atoms with Crippen LogP contribution in [0, 0.1) is 10.1 Å². The number of nitrogens with zero attached hydrogens (tertiary/aromatic N) is 1. The summed E-state index contributed by atoms with van der Waals surface area (Å²) in [5.74, 6) is -0.739. The van der Waals surface area contributed by atoms with E-state index in [1.165, 1.54) is 0 Å². The molecule has 15 heavy (non-hydrogen) atoms. The fourth-order valence-corrected chi connectivity index (χ4v) is 0.767. The molecule has 0 aliphatic carbocycles. The molecule has 0 rings (SSSR count). The Morgan fingerprint density at radius 1 is 1.53 bits per heavy atom. The highest BCUT2D eigenvalue weighted by atomic mass is 16.9. The lowest BCUT2D eigenvalue weighted by atomic mass is 10.0. The minimum absolute atomic E-state index is 0.185. The van der Waals surface area contributed by atoms with Gasteiger partial charge in [-0.05, 0) is 26.7 Å². The Bertz CT molecular complexity index is 199. The van der Waals surface area contributed by atoms with Gasteiger partial charge in [0.05, 0.1) is 5.60 Å². The van der Waals surface area contributed by atoms with E-state index in [0.717, 1.165) is 6.42 Å². The number of carboxylic acid groups (broad SMARTS) is 1. The molecule has 0 spiro atoms.